The molecule has 20 heavy (non-hydrogen) atoms. The monoisotopic (exact) mass is 270 g/mol. The molecular formula is C15H18N4O. The molecule has 0 spiro atoms. The van der Waals surface area contributed by atoms with Crippen molar-refractivity contribution in [3.8, 4) is 0 Å². The van der Waals surface area contributed by atoms with E-state index < -0.39 is 0 Å². The zero-order valence-corrected chi connectivity index (χ0v) is 11.6. The molecule has 2 rings (SSSR count). The average Bonchev–Trinajstić information content (AvgIpc) is 2.95. The van der Waals surface area contributed by atoms with Crippen LogP contribution in [0.1, 0.15) is 41.5 Å². The molecule has 2 aromatic rings. The fourth-order valence-electron chi connectivity index (χ4n) is 1.66. The summed E-state index contributed by atoms with van der Waals surface area (Å²) < 4.78 is 0. The number of H-pyrrole nitrogens is 1. The van der Waals surface area contributed by atoms with E-state index >= 15 is 0 Å². The summed E-state index contributed by atoms with van der Waals surface area (Å²) in [6.07, 6.45) is 0. The number of rotatable bonds is 5. The second-order valence-corrected chi connectivity index (χ2v) is 4.79. The topological polar surface area (TPSA) is 69.8 Å². The van der Waals surface area contributed by atoms with E-state index in [1.54, 1.807) is 6.07 Å². The van der Waals surface area contributed by atoms with Crippen molar-refractivity contribution in [2.75, 3.05) is 0 Å². The number of aromatic amines is 1. The lowest BCUT2D eigenvalue weighted by Gasteiger charge is -2.09. The number of aromatic nitrogens is 2. The molecular weight excluding hydrogens is 252 g/mol. The van der Waals surface area contributed by atoms with Crippen LogP contribution in [0.3, 0.4) is 0 Å². The molecule has 0 aliphatic heterocycles. The average molecular weight is 270 g/mol. The molecule has 0 saturated carbocycles. The Kier molecular flexibility index (Phi) is 4.20. The predicted octanol–water partition coefficient (Wildman–Crippen LogP) is 2.44. The minimum atomic E-state index is -0.301. The van der Waals surface area contributed by atoms with E-state index in [1.807, 2.05) is 44.2 Å². The SMILES string of the molecule is C=C(NNC(=O)c1cc(C(C)C)[nH]n1)c1ccccc1. The lowest BCUT2D eigenvalue weighted by molar-refractivity contribution is 0.0937. The molecule has 1 heterocycles. The second-order valence-electron chi connectivity index (χ2n) is 4.79. The molecule has 0 aliphatic rings. The fraction of sp³-hybridized carbons (Fsp3) is 0.200. The van der Waals surface area contributed by atoms with Gasteiger partial charge in [0, 0.05) is 5.69 Å². The second kappa shape index (κ2) is 6.06. The predicted molar refractivity (Wildman–Crippen MR) is 78.8 cm³/mol. The van der Waals surface area contributed by atoms with E-state index in [-0.39, 0.29) is 5.91 Å². The van der Waals surface area contributed by atoms with Crippen molar-refractivity contribution in [2.45, 2.75) is 19.8 Å². The van der Waals surface area contributed by atoms with Crippen LogP contribution < -0.4 is 10.9 Å². The summed E-state index contributed by atoms with van der Waals surface area (Å²) in [4.78, 5) is 11.9. The van der Waals surface area contributed by atoms with Crippen molar-refractivity contribution in [2.24, 2.45) is 0 Å². The van der Waals surface area contributed by atoms with Crippen LogP contribution in [0.5, 0.6) is 0 Å². The van der Waals surface area contributed by atoms with Crippen LogP contribution in [0.4, 0.5) is 0 Å². The molecule has 0 fully saturated rings. The van der Waals surface area contributed by atoms with Gasteiger partial charge >= 0.3 is 0 Å². The van der Waals surface area contributed by atoms with Gasteiger partial charge in [0.15, 0.2) is 5.69 Å². The Bertz CT molecular complexity index is 601. The van der Waals surface area contributed by atoms with Crippen molar-refractivity contribution in [3.05, 3.63) is 59.9 Å². The van der Waals surface area contributed by atoms with Gasteiger partial charge in [-0.3, -0.25) is 20.7 Å². The first-order valence-corrected chi connectivity index (χ1v) is 6.44. The lowest BCUT2D eigenvalue weighted by Crippen LogP contribution is -2.36. The summed E-state index contributed by atoms with van der Waals surface area (Å²) in [7, 11) is 0. The molecule has 1 aromatic heterocycles. The number of carbonyl (C=O) groups excluding carboxylic acids is 1. The van der Waals surface area contributed by atoms with Gasteiger partial charge in [0.25, 0.3) is 5.91 Å². The van der Waals surface area contributed by atoms with Crippen molar-refractivity contribution in [3.63, 3.8) is 0 Å². The molecule has 0 unspecified atom stereocenters. The van der Waals surface area contributed by atoms with Crippen molar-refractivity contribution < 1.29 is 4.79 Å². The Morgan fingerprint density at radius 2 is 1.95 bits per heavy atom. The smallest absolute Gasteiger partial charge is 0.290 e. The fourth-order valence-corrected chi connectivity index (χ4v) is 1.66. The standard InChI is InChI=1S/C15H18N4O/c1-10(2)13-9-14(18-17-13)15(20)19-16-11(3)12-7-5-4-6-8-12/h4-10,16H,3H2,1-2H3,(H,17,18)(H,19,20). The maximum Gasteiger partial charge on any atom is 0.290 e. The summed E-state index contributed by atoms with van der Waals surface area (Å²) in [5.41, 5.74) is 8.18. The van der Waals surface area contributed by atoms with E-state index in [0.717, 1.165) is 11.3 Å². The molecule has 0 aliphatic carbocycles. The summed E-state index contributed by atoms with van der Waals surface area (Å²) in [5.74, 6) is 0.00141. The van der Waals surface area contributed by atoms with Crippen LogP contribution in [0, 0.1) is 0 Å². The third-order valence-electron chi connectivity index (χ3n) is 2.90. The first kappa shape index (κ1) is 13.9. The van der Waals surface area contributed by atoms with Crippen molar-refractivity contribution in [1.82, 2.24) is 21.0 Å². The van der Waals surface area contributed by atoms with Gasteiger partial charge in [-0.1, -0.05) is 50.8 Å². The highest BCUT2D eigenvalue weighted by atomic mass is 16.2. The van der Waals surface area contributed by atoms with E-state index in [2.05, 4.69) is 27.6 Å². The lowest BCUT2D eigenvalue weighted by atomic mass is 10.1. The summed E-state index contributed by atoms with van der Waals surface area (Å²) in [6.45, 7) is 7.93. The van der Waals surface area contributed by atoms with Crippen molar-refractivity contribution in [1.29, 1.82) is 0 Å². The molecule has 1 amide bonds. The molecule has 3 N–H and O–H groups in total. The van der Waals surface area contributed by atoms with Crippen LogP contribution in [0.2, 0.25) is 0 Å². The Morgan fingerprint density at radius 3 is 2.55 bits per heavy atom. The van der Waals surface area contributed by atoms with Gasteiger partial charge in [0.1, 0.15) is 0 Å². The number of nitrogens with one attached hydrogen (secondary N) is 3. The number of hydrogen-bond donors (Lipinski definition) is 3. The zero-order valence-electron chi connectivity index (χ0n) is 11.6. The quantitative estimate of drug-likeness (QED) is 0.731. The van der Waals surface area contributed by atoms with Gasteiger partial charge in [-0.25, -0.2) is 0 Å². The molecule has 0 bridgehead atoms. The van der Waals surface area contributed by atoms with E-state index in [4.69, 9.17) is 0 Å². The number of hydrogen-bond acceptors (Lipinski definition) is 3. The van der Waals surface area contributed by atoms with Crippen molar-refractivity contribution >= 4 is 11.6 Å². The van der Waals surface area contributed by atoms with Gasteiger partial charge in [-0.15, -0.1) is 0 Å². The highest BCUT2D eigenvalue weighted by molar-refractivity contribution is 5.92. The van der Waals surface area contributed by atoms with Gasteiger partial charge in [-0.05, 0) is 17.5 Å². The van der Waals surface area contributed by atoms with Crippen LogP contribution in [0.15, 0.2) is 43.0 Å². The molecule has 0 saturated heterocycles. The highest BCUT2D eigenvalue weighted by Crippen LogP contribution is 2.12. The summed E-state index contributed by atoms with van der Waals surface area (Å²) in [6, 6.07) is 11.3. The number of benzene rings is 1. The molecule has 104 valence electrons. The Labute approximate surface area is 118 Å². The summed E-state index contributed by atoms with van der Waals surface area (Å²) in [5, 5.41) is 6.83. The molecule has 0 radical (unpaired) electrons. The molecule has 5 heteroatoms. The van der Waals surface area contributed by atoms with Gasteiger partial charge in [0.05, 0.1) is 5.70 Å². The van der Waals surface area contributed by atoms with Gasteiger partial charge in [-0.2, -0.15) is 5.10 Å². The van der Waals surface area contributed by atoms with Gasteiger partial charge in [0.2, 0.25) is 0 Å². The minimum Gasteiger partial charge on any atom is -0.298 e. The van der Waals surface area contributed by atoms with Crippen LogP contribution in [-0.4, -0.2) is 16.1 Å². The van der Waals surface area contributed by atoms with Gasteiger partial charge < -0.3 is 0 Å². The van der Waals surface area contributed by atoms with Crippen LogP contribution in [0.25, 0.3) is 5.70 Å². The first-order valence-electron chi connectivity index (χ1n) is 6.44. The first-order chi connectivity index (χ1) is 9.58. The molecule has 5 nitrogen and oxygen atoms in total. The summed E-state index contributed by atoms with van der Waals surface area (Å²) >= 11 is 0. The van der Waals surface area contributed by atoms with Crippen LogP contribution >= 0.6 is 0 Å². The minimum absolute atomic E-state index is 0.301. The number of hydrazine groups is 1. The maximum atomic E-state index is 11.9. The third-order valence-corrected chi connectivity index (χ3v) is 2.90. The third kappa shape index (κ3) is 3.26. The largest absolute Gasteiger partial charge is 0.298 e. The molecule has 0 atom stereocenters. The van der Waals surface area contributed by atoms with E-state index in [1.165, 1.54) is 0 Å². The van der Waals surface area contributed by atoms with E-state index in [9.17, 15) is 4.79 Å². The normalized spacial score (nSPS) is 10.3. The molecule has 1 aromatic carbocycles. The Balaban J connectivity index is 1.93. The van der Waals surface area contributed by atoms with E-state index in [0.29, 0.717) is 17.3 Å². The number of nitrogens with zero attached hydrogens (tertiary/aromatic N) is 1. The van der Waals surface area contributed by atoms with Crippen LogP contribution in [-0.2, 0) is 0 Å². The zero-order chi connectivity index (χ0) is 14.5. The number of carbonyl (C=O) groups is 1. The Morgan fingerprint density at radius 1 is 1.25 bits per heavy atom. The maximum absolute atomic E-state index is 11.9. The number of amides is 1. The Hall–Kier alpha value is -2.56. The highest BCUT2D eigenvalue weighted by Gasteiger charge is 2.11.